The van der Waals surface area contributed by atoms with E-state index in [-0.39, 0.29) is 5.41 Å². The van der Waals surface area contributed by atoms with E-state index in [1.54, 1.807) is 0 Å². The summed E-state index contributed by atoms with van der Waals surface area (Å²) in [6.45, 7) is 4.75. The summed E-state index contributed by atoms with van der Waals surface area (Å²) in [5.74, 6) is 0. The number of fused-ring (bicyclic) bond motifs is 8. The van der Waals surface area contributed by atoms with Crippen molar-refractivity contribution in [2.75, 3.05) is 0 Å². The van der Waals surface area contributed by atoms with Crippen LogP contribution >= 0.6 is 0 Å². The molecule has 2 aliphatic rings. The van der Waals surface area contributed by atoms with Crippen molar-refractivity contribution in [1.29, 1.82) is 0 Å². The molecule has 124 valence electrons. The van der Waals surface area contributed by atoms with E-state index in [2.05, 4.69) is 86.6 Å². The number of benzene rings is 4. The molecule has 4 aromatic rings. The molecule has 0 saturated carbocycles. The molecule has 0 spiro atoms. The van der Waals surface area contributed by atoms with E-state index in [1.165, 1.54) is 55.3 Å². The quantitative estimate of drug-likeness (QED) is 0.295. The van der Waals surface area contributed by atoms with Crippen LogP contribution in [0, 0.1) is 0 Å². The maximum Gasteiger partial charge on any atom is 0.0159 e. The molecular formula is C26H20. The third-order valence-electron chi connectivity index (χ3n) is 6.48. The van der Waals surface area contributed by atoms with Crippen LogP contribution in [0.25, 0.3) is 33.0 Å². The van der Waals surface area contributed by atoms with Crippen LogP contribution in [0.3, 0.4) is 0 Å². The van der Waals surface area contributed by atoms with Crippen molar-refractivity contribution in [1.82, 2.24) is 0 Å². The molecule has 0 amide bonds. The second-order valence-corrected chi connectivity index (χ2v) is 8.22. The van der Waals surface area contributed by atoms with Crippen LogP contribution in [0.5, 0.6) is 0 Å². The first kappa shape index (κ1) is 14.3. The molecule has 0 atom stereocenters. The molecule has 2 aliphatic carbocycles. The molecule has 0 saturated heterocycles. The number of hydrogen-bond acceptors (Lipinski definition) is 0. The van der Waals surface area contributed by atoms with Gasteiger partial charge in [-0.1, -0.05) is 80.6 Å². The van der Waals surface area contributed by atoms with E-state index < -0.39 is 0 Å². The van der Waals surface area contributed by atoms with Crippen molar-refractivity contribution in [2.24, 2.45) is 0 Å². The number of rotatable bonds is 0. The summed E-state index contributed by atoms with van der Waals surface area (Å²) in [5, 5.41) is 2.71. The fourth-order valence-electron chi connectivity index (χ4n) is 5.14. The van der Waals surface area contributed by atoms with Gasteiger partial charge in [-0.25, -0.2) is 0 Å². The standard InChI is InChI=1S/C26H20/c1-26(2)23-12-11-16-7-3-6-10-20(16)25(23)22-15-21-18(14-24(22)26)13-17-8-4-5-9-19(17)21/h3-12,14-15H,13H2,1-2H3. The summed E-state index contributed by atoms with van der Waals surface area (Å²) in [6.07, 6.45) is 1.06. The molecule has 0 aromatic heterocycles. The molecule has 0 bridgehead atoms. The molecule has 4 aromatic carbocycles. The lowest BCUT2D eigenvalue weighted by atomic mass is 9.81. The Morgan fingerprint density at radius 3 is 2.38 bits per heavy atom. The summed E-state index contributed by atoms with van der Waals surface area (Å²) in [5.41, 5.74) is 11.6. The van der Waals surface area contributed by atoms with E-state index in [0.717, 1.165) is 6.42 Å². The second kappa shape index (κ2) is 4.65. The third-order valence-corrected chi connectivity index (χ3v) is 6.48. The SMILES string of the molecule is CC1(C)c2cc3c(cc2-c2c1ccc1ccccc21)-c1ccccc1C3. The number of hydrogen-bond donors (Lipinski definition) is 0. The Bertz CT molecular complexity index is 1220. The third kappa shape index (κ3) is 1.65. The predicted octanol–water partition coefficient (Wildman–Crippen LogP) is 6.72. The highest BCUT2D eigenvalue weighted by Gasteiger charge is 2.38. The Kier molecular flexibility index (Phi) is 2.56. The first-order valence-corrected chi connectivity index (χ1v) is 9.43. The monoisotopic (exact) mass is 332 g/mol. The van der Waals surface area contributed by atoms with Gasteiger partial charge >= 0.3 is 0 Å². The van der Waals surface area contributed by atoms with Crippen LogP contribution < -0.4 is 0 Å². The fraction of sp³-hybridized carbons (Fsp3) is 0.154. The minimum Gasteiger partial charge on any atom is -0.0619 e. The maximum atomic E-state index is 2.49. The molecule has 0 nitrogen and oxygen atoms in total. The summed E-state index contributed by atoms with van der Waals surface area (Å²) in [4.78, 5) is 0. The second-order valence-electron chi connectivity index (χ2n) is 8.22. The molecular weight excluding hydrogens is 312 g/mol. The molecule has 0 radical (unpaired) electrons. The van der Waals surface area contributed by atoms with Crippen molar-refractivity contribution < 1.29 is 0 Å². The van der Waals surface area contributed by atoms with E-state index in [9.17, 15) is 0 Å². The summed E-state index contributed by atoms with van der Waals surface area (Å²) >= 11 is 0. The minimum atomic E-state index is 0.0541. The topological polar surface area (TPSA) is 0 Å². The Labute approximate surface area is 154 Å². The van der Waals surface area contributed by atoms with Gasteiger partial charge in [0, 0.05) is 5.41 Å². The highest BCUT2D eigenvalue weighted by molar-refractivity contribution is 6.03. The van der Waals surface area contributed by atoms with E-state index >= 15 is 0 Å². The van der Waals surface area contributed by atoms with Gasteiger partial charge in [0.25, 0.3) is 0 Å². The van der Waals surface area contributed by atoms with Gasteiger partial charge in [0.15, 0.2) is 0 Å². The van der Waals surface area contributed by atoms with Gasteiger partial charge < -0.3 is 0 Å². The average Bonchev–Trinajstić information content (AvgIpc) is 3.13. The van der Waals surface area contributed by atoms with Crippen LogP contribution in [0.15, 0.2) is 72.8 Å². The van der Waals surface area contributed by atoms with Crippen molar-refractivity contribution in [3.8, 4) is 22.3 Å². The van der Waals surface area contributed by atoms with E-state index in [4.69, 9.17) is 0 Å². The van der Waals surface area contributed by atoms with Gasteiger partial charge in [0.05, 0.1) is 0 Å². The lowest BCUT2D eigenvalue weighted by Crippen LogP contribution is -2.15. The minimum absolute atomic E-state index is 0.0541. The van der Waals surface area contributed by atoms with Gasteiger partial charge in [-0.05, 0) is 67.8 Å². The largest absolute Gasteiger partial charge is 0.0619 e. The molecule has 0 fully saturated rings. The summed E-state index contributed by atoms with van der Waals surface area (Å²) in [6, 6.07) is 27.2. The normalized spacial score (nSPS) is 15.5. The predicted molar refractivity (Wildman–Crippen MR) is 110 cm³/mol. The maximum absolute atomic E-state index is 2.49. The average molecular weight is 332 g/mol. The van der Waals surface area contributed by atoms with Crippen molar-refractivity contribution >= 4 is 10.8 Å². The molecule has 0 heterocycles. The van der Waals surface area contributed by atoms with Crippen LogP contribution in [0.2, 0.25) is 0 Å². The van der Waals surface area contributed by atoms with Gasteiger partial charge in [0.1, 0.15) is 0 Å². The Balaban J connectivity index is 1.73. The molecule has 26 heavy (non-hydrogen) atoms. The van der Waals surface area contributed by atoms with Gasteiger partial charge in [-0.2, -0.15) is 0 Å². The Morgan fingerprint density at radius 2 is 1.46 bits per heavy atom. The summed E-state index contributed by atoms with van der Waals surface area (Å²) in [7, 11) is 0. The molecule has 0 N–H and O–H groups in total. The van der Waals surface area contributed by atoms with E-state index in [0.29, 0.717) is 0 Å². The lowest BCUT2D eigenvalue weighted by Gasteiger charge is -2.22. The van der Waals surface area contributed by atoms with Crippen molar-refractivity contribution in [3.63, 3.8) is 0 Å². The zero-order valence-corrected chi connectivity index (χ0v) is 15.1. The molecule has 6 rings (SSSR count). The fourth-order valence-corrected chi connectivity index (χ4v) is 5.14. The van der Waals surface area contributed by atoms with Crippen LogP contribution in [0.4, 0.5) is 0 Å². The first-order chi connectivity index (χ1) is 12.6. The Morgan fingerprint density at radius 1 is 0.654 bits per heavy atom. The van der Waals surface area contributed by atoms with Crippen molar-refractivity contribution in [2.45, 2.75) is 25.7 Å². The molecule has 0 heteroatoms. The van der Waals surface area contributed by atoms with Gasteiger partial charge in [0.2, 0.25) is 0 Å². The zero-order valence-electron chi connectivity index (χ0n) is 15.1. The van der Waals surface area contributed by atoms with Crippen LogP contribution in [-0.4, -0.2) is 0 Å². The van der Waals surface area contributed by atoms with Crippen LogP contribution in [-0.2, 0) is 11.8 Å². The van der Waals surface area contributed by atoms with Gasteiger partial charge in [-0.15, -0.1) is 0 Å². The first-order valence-electron chi connectivity index (χ1n) is 9.43. The lowest BCUT2D eigenvalue weighted by molar-refractivity contribution is 0.660. The zero-order chi connectivity index (χ0) is 17.5. The molecule has 0 unspecified atom stereocenters. The highest BCUT2D eigenvalue weighted by Crippen LogP contribution is 2.53. The Hall–Kier alpha value is -2.86. The van der Waals surface area contributed by atoms with E-state index in [1.807, 2.05) is 0 Å². The van der Waals surface area contributed by atoms with Crippen LogP contribution in [0.1, 0.15) is 36.1 Å². The molecule has 0 aliphatic heterocycles. The van der Waals surface area contributed by atoms with Crippen molar-refractivity contribution in [3.05, 3.63) is 95.1 Å². The summed E-state index contributed by atoms with van der Waals surface area (Å²) < 4.78 is 0. The highest BCUT2D eigenvalue weighted by atomic mass is 14.4. The smallest absolute Gasteiger partial charge is 0.0159 e. The van der Waals surface area contributed by atoms with Gasteiger partial charge in [-0.3, -0.25) is 0 Å².